The van der Waals surface area contributed by atoms with Crippen molar-refractivity contribution in [2.45, 2.75) is 39.0 Å². The van der Waals surface area contributed by atoms with Crippen LogP contribution in [-0.2, 0) is 10.2 Å². The van der Waals surface area contributed by atoms with Gasteiger partial charge in [-0.3, -0.25) is 4.79 Å². The van der Waals surface area contributed by atoms with Crippen molar-refractivity contribution in [2.75, 3.05) is 13.2 Å². The maximum absolute atomic E-state index is 11.4. The molecule has 17 heavy (non-hydrogen) atoms. The van der Waals surface area contributed by atoms with Crippen molar-refractivity contribution >= 4 is 5.91 Å². The molecule has 0 aliphatic carbocycles. The Hall–Kier alpha value is -1.29. The van der Waals surface area contributed by atoms with Crippen molar-refractivity contribution in [1.82, 2.24) is 5.32 Å². The first-order valence-electron chi connectivity index (χ1n) is 5.90. The first-order valence-corrected chi connectivity index (χ1v) is 5.90. The molecule has 0 unspecified atom stereocenters. The molecule has 1 amide bonds. The van der Waals surface area contributed by atoms with E-state index in [1.807, 2.05) is 32.9 Å². The zero-order valence-electron chi connectivity index (χ0n) is 10.7. The molecule has 2 N–H and O–H groups in total. The van der Waals surface area contributed by atoms with Gasteiger partial charge in [-0.25, -0.2) is 0 Å². The van der Waals surface area contributed by atoms with Crippen LogP contribution >= 0.6 is 0 Å². The molecule has 0 saturated carbocycles. The van der Waals surface area contributed by atoms with Gasteiger partial charge in [0.2, 0.25) is 5.91 Å². The van der Waals surface area contributed by atoms with Gasteiger partial charge in [-0.15, -0.1) is 0 Å². The highest BCUT2D eigenvalue weighted by atomic mass is 16.3. The second-order valence-electron chi connectivity index (χ2n) is 4.90. The summed E-state index contributed by atoms with van der Waals surface area (Å²) in [5, 5.41) is 11.5. The highest BCUT2D eigenvalue weighted by molar-refractivity contribution is 5.75. The summed E-state index contributed by atoms with van der Waals surface area (Å²) < 4.78 is 5.57. The lowest BCUT2D eigenvalue weighted by Crippen LogP contribution is -2.36. The molecule has 0 aliphatic heterocycles. The third kappa shape index (κ3) is 4.23. The number of aliphatic hydroxyl groups is 1. The number of amides is 1. The Morgan fingerprint density at radius 3 is 2.71 bits per heavy atom. The second kappa shape index (κ2) is 5.87. The second-order valence-corrected chi connectivity index (χ2v) is 4.90. The van der Waals surface area contributed by atoms with Crippen LogP contribution in [0.15, 0.2) is 16.5 Å². The minimum absolute atomic E-state index is 0.0320. The van der Waals surface area contributed by atoms with Crippen molar-refractivity contribution in [3.05, 3.63) is 23.7 Å². The van der Waals surface area contributed by atoms with Crippen LogP contribution < -0.4 is 5.32 Å². The van der Waals surface area contributed by atoms with Gasteiger partial charge >= 0.3 is 0 Å². The van der Waals surface area contributed by atoms with E-state index in [1.165, 1.54) is 0 Å². The van der Waals surface area contributed by atoms with Crippen LogP contribution in [0.3, 0.4) is 0 Å². The lowest BCUT2D eigenvalue weighted by Gasteiger charge is -2.22. The van der Waals surface area contributed by atoms with Gasteiger partial charge in [0.15, 0.2) is 0 Å². The fourth-order valence-corrected chi connectivity index (χ4v) is 1.53. The lowest BCUT2D eigenvalue weighted by molar-refractivity contribution is -0.121. The standard InChI is InChI=1S/C13H21NO3/c1-10-6-7-11(17-10)13(2,3)9-14-12(16)5-4-8-15/h6-7,15H,4-5,8-9H2,1-3H3,(H,14,16). The van der Waals surface area contributed by atoms with Gasteiger partial charge in [-0.05, 0) is 25.5 Å². The van der Waals surface area contributed by atoms with Crippen molar-refractivity contribution in [3.8, 4) is 0 Å². The van der Waals surface area contributed by atoms with E-state index in [9.17, 15) is 4.79 Å². The molecular formula is C13H21NO3. The molecule has 1 aromatic rings. The van der Waals surface area contributed by atoms with E-state index in [0.29, 0.717) is 19.4 Å². The summed E-state index contributed by atoms with van der Waals surface area (Å²) >= 11 is 0. The molecule has 0 aliphatic rings. The molecule has 4 nitrogen and oxygen atoms in total. The summed E-state index contributed by atoms with van der Waals surface area (Å²) in [6, 6.07) is 3.86. The van der Waals surface area contributed by atoms with E-state index in [1.54, 1.807) is 0 Å². The fraction of sp³-hybridized carbons (Fsp3) is 0.615. The Kier molecular flexibility index (Phi) is 4.75. The van der Waals surface area contributed by atoms with Crippen molar-refractivity contribution in [3.63, 3.8) is 0 Å². The Morgan fingerprint density at radius 2 is 2.18 bits per heavy atom. The number of nitrogens with one attached hydrogen (secondary N) is 1. The Morgan fingerprint density at radius 1 is 1.47 bits per heavy atom. The molecule has 0 aromatic carbocycles. The van der Waals surface area contributed by atoms with E-state index >= 15 is 0 Å². The van der Waals surface area contributed by atoms with Gasteiger partial charge < -0.3 is 14.8 Å². The van der Waals surface area contributed by atoms with Crippen LogP contribution in [-0.4, -0.2) is 24.2 Å². The van der Waals surface area contributed by atoms with Crippen molar-refractivity contribution in [2.24, 2.45) is 0 Å². The predicted molar refractivity (Wildman–Crippen MR) is 65.8 cm³/mol. The summed E-state index contributed by atoms with van der Waals surface area (Å²) in [5.41, 5.74) is -0.219. The Bertz CT molecular complexity index is 368. The average molecular weight is 239 g/mol. The third-order valence-corrected chi connectivity index (χ3v) is 2.70. The number of carbonyl (C=O) groups excluding carboxylic acids is 1. The van der Waals surface area contributed by atoms with Gasteiger partial charge in [-0.2, -0.15) is 0 Å². The molecule has 96 valence electrons. The number of aryl methyl sites for hydroxylation is 1. The molecule has 4 heteroatoms. The smallest absolute Gasteiger partial charge is 0.220 e. The first-order chi connectivity index (χ1) is 7.95. The van der Waals surface area contributed by atoms with Crippen LogP contribution in [0.1, 0.15) is 38.2 Å². The molecule has 1 aromatic heterocycles. The van der Waals surface area contributed by atoms with Crippen LogP contribution in [0.5, 0.6) is 0 Å². The van der Waals surface area contributed by atoms with Gasteiger partial charge in [0.1, 0.15) is 11.5 Å². The molecule has 1 rings (SSSR count). The SMILES string of the molecule is Cc1ccc(C(C)(C)CNC(=O)CCCO)o1. The third-order valence-electron chi connectivity index (χ3n) is 2.70. The summed E-state index contributed by atoms with van der Waals surface area (Å²) in [6.07, 6.45) is 0.871. The normalized spacial score (nSPS) is 11.5. The monoisotopic (exact) mass is 239 g/mol. The number of furan rings is 1. The van der Waals surface area contributed by atoms with Gasteiger partial charge in [0.25, 0.3) is 0 Å². The number of carbonyl (C=O) groups is 1. The molecule has 1 heterocycles. The summed E-state index contributed by atoms with van der Waals surface area (Å²) in [6.45, 7) is 6.53. The highest BCUT2D eigenvalue weighted by Gasteiger charge is 2.24. The number of hydrogen-bond donors (Lipinski definition) is 2. The molecular weight excluding hydrogens is 218 g/mol. The lowest BCUT2D eigenvalue weighted by atomic mass is 9.90. The minimum Gasteiger partial charge on any atom is -0.466 e. The zero-order valence-corrected chi connectivity index (χ0v) is 10.7. The predicted octanol–water partition coefficient (Wildman–Crippen LogP) is 1.75. The number of hydrogen-bond acceptors (Lipinski definition) is 3. The topological polar surface area (TPSA) is 62.5 Å². The molecule has 0 fully saturated rings. The maximum Gasteiger partial charge on any atom is 0.220 e. The molecule has 0 spiro atoms. The van der Waals surface area contributed by atoms with E-state index < -0.39 is 0 Å². The Balaban J connectivity index is 2.47. The van der Waals surface area contributed by atoms with Crippen molar-refractivity contribution in [1.29, 1.82) is 0 Å². The van der Waals surface area contributed by atoms with Gasteiger partial charge in [0, 0.05) is 25.0 Å². The zero-order chi connectivity index (χ0) is 12.9. The molecule has 0 saturated heterocycles. The minimum atomic E-state index is -0.219. The highest BCUT2D eigenvalue weighted by Crippen LogP contribution is 2.24. The molecule has 0 radical (unpaired) electrons. The first kappa shape index (κ1) is 13.8. The van der Waals surface area contributed by atoms with Crippen LogP contribution in [0, 0.1) is 6.92 Å². The summed E-state index contributed by atoms with van der Waals surface area (Å²) in [4.78, 5) is 11.4. The maximum atomic E-state index is 11.4. The van der Waals surface area contributed by atoms with E-state index in [4.69, 9.17) is 9.52 Å². The molecule has 0 atom stereocenters. The van der Waals surface area contributed by atoms with E-state index in [-0.39, 0.29) is 17.9 Å². The van der Waals surface area contributed by atoms with Crippen LogP contribution in [0.25, 0.3) is 0 Å². The quantitative estimate of drug-likeness (QED) is 0.795. The fourth-order valence-electron chi connectivity index (χ4n) is 1.53. The van der Waals surface area contributed by atoms with E-state index in [0.717, 1.165) is 11.5 Å². The molecule has 0 bridgehead atoms. The van der Waals surface area contributed by atoms with Crippen LogP contribution in [0.2, 0.25) is 0 Å². The average Bonchev–Trinajstić information content (AvgIpc) is 2.71. The Labute approximate surface area is 102 Å². The largest absolute Gasteiger partial charge is 0.466 e. The number of rotatable bonds is 6. The summed E-state index contributed by atoms with van der Waals surface area (Å²) in [5.74, 6) is 1.72. The summed E-state index contributed by atoms with van der Waals surface area (Å²) in [7, 11) is 0. The van der Waals surface area contributed by atoms with Crippen LogP contribution in [0.4, 0.5) is 0 Å². The van der Waals surface area contributed by atoms with Gasteiger partial charge in [0.05, 0.1) is 0 Å². The van der Waals surface area contributed by atoms with Gasteiger partial charge in [-0.1, -0.05) is 13.8 Å². The van der Waals surface area contributed by atoms with Crippen molar-refractivity contribution < 1.29 is 14.3 Å². The van der Waals surface area contributed by atoms with E-state index in [2.05, 4.69) is 5.32 Å². The number of aliphatic hydroxyl groups excluding tert-OH is 1.